The molecule has 0 aliphatic heterocycles. The molecule has 0 saturated carbocycles. The average Bonchev–Trinajstić information content (AvgIpc) is 2.59. The van der Waals surface area contributed by atoms with Crippen molar-refractivity contribution < 1.29 is 9.53 Å². The number of nitrogen functional groups attached to an aromatic ring is 1. The predicted octanol–water partition coefficient (Wildman–Crippen LogP) is -0.113. The zero-order chi connectivity index (χ0) is 10.4. The third-order valence-corrected chi connectivity index (χ3v) is 2.20. The molecular weight excluding hydrogens is 204 g/mol. The Hall–Kier alpha value is -1.21. The summed E-state index contributed by atoms with van der Waals surface area (Å²) in [5, 5.41) is 10.4. The van der Waals surface area contributed by atoms with Gasteiger partial charge in [-0.2, -0.15) is 0 Å². The van der Waals surface area contributed by atoms with E-state index >= 15 is 0 Å². The van der Waals surface area contributed by atoms with Crippen LogP contribution in [-0.2, 0) is 4.74 Å². The van der Waals surface area contributed by atoms with Gasteiger partial charge in [-0.1, -0.05) is 11.3 Å². The number of aromatic nitrogens is 2. The van der Waals surface area contributed by atoms with Gasteiger partial charge in [0.1, 0.15) is 0 Å². The molecule has 1 aromatic heterocycles. The fourth-order valence-corrected chi connectivity index (χ4v) is 1.35. The highest BCUT2D eigenvalue weighted by Gasteiger charge is 2.09. The third-order valence-electron chi connectivity index (χ3n) is 1.45. The lowest BCUT2D eigenvalue weighted by Crippen LogP contribution is -2.25. The number of anilines is 1. The number of rotatable bonds is 5. The molecule has 0 aliphatic rings. The van der Waals surface area contributed by atoms with Gasteiger partial charge in [-0.25, -0.2) is 0 Å². The van der Waals surface area contributed by atoms with Gasteiger partial charge in [-0.3, -0.25) is 4.79 Å². The van der Waals surface area contributed by atoms with Crippen molar-refractivity contribution in [2.24, 2.45) is 0 Å². The maximum absolute atomic E-state index is 11.3. The van der Waals surface area contributed by atoms with Crippen molar-refractivity contribution in [2.45, 2.75) is 6.42 Å². The Morgan fingerprint density at radius 2 is 2.43 bits per heavy atom. The number of nitrogens with zero attached hydrogens (tertiary/aromatic N) is 2. The van der Waals surface area contributed by atoms with Crippen LogP contribution < -0.4 is 11.1 Å². The molecule has 78 valence electrons. The molecule has 0 bridgehead atoms. The van der Waals surface area contributed by atoms with E-state index in [2.05, 4.69) is 15.5 Å². The molecule has 0 radical (unpaired) electrons. The molecule has 0 spiro atoms. The molecule has 0 unspecified atom stereocenters. The predicted molar refractivity (Wildman–Crippen MR) is 53.1 cm³/mol. The molecule has 0 saturated heterocycles. The fraction of sp³-hybridized carbons (Fsp3) is 0.571. The SMILES string of the molecule is COCCCNC(=O)c1nnc(N)s1. The maximum atomic E-state index is 11.3. The average molecular weight is 216 g/mol. The minimum absolute atomic E-state index is 0.240. The van der Waals surface area contributed by atoms with E-state index in [-0.39, 0.29) is 5.91 Å². The number of carbonyl (C=O) groups is 1. The second-order valence-electron chi connectivity index (χ2n) is 2.55. The second-order valence-corrected chi connectivity index (χ2v) is 3.56. The smallest absolute Gasteiger partial charge is 0.282 e. The lowest BCUT2D eigenvalue weighted by atomic mass is 10.4. The number of methoxy groups -OCH3 is 1. The number of ether oxygens (including phenoxy) is 1. The first-order chi connectivity index (χ1) is 6.74. The van der Waals surface area contributed by atoms with Crippen LogP contribution in [0.2, 0.25) is 0 Å². The van der Waals surface area contributed by atoms with Crippen LogP contribution >= 0.6 is 11.3 Å². The summed E-state index contributed by atoms with van der Waals surface area (Å²) in [5.74, 6) is -0.240. The molecule has 1 rings (SSSR count). The summed E-state index contributed by atoms with van der Waals surface area (Å²) in [6, 6.07) is 0. The summed E-state index contributed by atoms with van der Waals surface area (Å²) in [6.07, 6.45) is 0.774. The van der Waals surface area contributed by atoms with Gasteiger partial charge in [-0.15, -0.1) is 10.2 Å². The zero-order valence-corrected chi connectivity index (χ0v) is 8.63. The summed E-state index contributed by atoms with van der Waals surface area (Å²) in [7, 11) is 1.62. The van der Waals surface area contributed by atoms with Crippen LogP contribution in [0.5, 0.6) is 0 Å². The van der Waals surface area contributed by atoms with Crippen molar-refractivity contribution in [3.63, 3.8) is 0 Å². The van der Waals surface area contributed by atoms with E-state index in [1.165, 1.54) is 0 Å². The van der Waals surface area contributed by atoms with Gasteiger partial charge in [0.15, 0.2) is 0 Å². The Bertz CT molecular complexity index is 302. The van der Waals surface area contributed by atoms with Gasteiger partial charge in [0, 0.05) is 20.3 Å². The van der Waals surface area contributed by atoms with E-state index in [1.54, 1.807) is 7.11 Å². The minimum atomic E-state index is -0.240. The normalized spacial score (nSPS) is 10.1. The topological polar surface area (TPSA) is 90.1 Å². The zero-order valence-electron chi connectivity index (χ0n) is 7.82. The Labute approximate surface area is 85.5 Å². The van der Waals surface area contributed by atoms with Gasteiger partial charge in [0.25, 0.3) is 5.91 Å². The van der Waals surface area contributed by atoms with E-state index in [0.29, 0.717) is 23.3 Å². The number of amides is 1. The molecule has 1 aromatic rings. The van der Waals surface area contributed by atoms with Crippen LogP contribution in [0, 0.1) is 0 Å². The van der Waals surface area contributed by atoms with Crippen molar-refractivity contribution in [1.29, 1.82) is 0 Å². The lowest BCUT2D eigenvalue weighted by molar-refractivity contribution is 0.0947. The summed E-state index contributed by atoms with van der Waals surface area (Å²) in [5.41, 5.74) is 5.34. The van der Waals surface area contributed by atoms with Crippen LogP contribution in [0.3, 0.4) is 0 Å². The number of nitrogens with one attached hydrogen (secondary N) is 1. The highest BCUT2D eigenvalue weighted by atomic mass is 32.1. The Balaban J connectivity index is 2.29. The number of nitrogens with two attached hydrogens (primary N) is 1. The molecule has 6 nitrogen and oxygen atoms in total. The van der Waals surface area contributed by atoms with E-state index in [4.69, 9.17) is 10.5 Å². The van der Waals surface area contributed by atoms with Crippen LogP contribution in [0.1, 0.15) is 16.2 Å². The van der Waals surface area contributed by atoms with Crippen LogP contribution in [0.25, 0.3) is 0 Å². The first-order valence-corrected chi connectivity index (χ1v) is 4.92. The fourth-order valence-electron chi connectivity index (χ4n) is 0.820. The molecule has 7 heteroatoms. The molecule has 14 heavy (non-hydrogen) atoms. The van der Waals surface area contributed by atoms with Gasteiger partial charge < -0.3 is 15.8 Å². The molecule has 1 heterocycles. The summed E-state index contributed by atoms with van der Waals surface area (Å²) in [4.78, 5) is 11.3. The van der Waals surface area contributed by atoms with Gasteiger partial charge in [-0.05, 0) is 6.42 Å². The first kappa shape index (κ1) is 10.9. The van der Waals surface area contributed by atoms with Crippen LogP contribution in [-0.4, -0.2) is 36.4 Å². The van der Waals surface area contributed by atoms with Crippen molar-refractivity contribution in [3.05, 3.63) is 5.01 Å². The Kier molecular flexibility index (Phi) is 4.27. The Morgan fingerprint density at radius 1 is 1.64 bits per heavy atom. The van der Waals surface area contributed by atoms with Crippen molar-refractivity contribution in [1.82, 2.24) is 15.5 Å². The van der Waals surface area contributed by atoms with Crippen molar-refractivity contribution >= 4 is 22.4 Å². The number of hydrogen-bond donors (Lipinski definition) is 2. The monoisotopic (exact) mass is 216 g/mol. The molecule has 0 fully saturated rings. The molecule has 0 atom stereocenters. The van der Waals surface area contributed by atoms with Gasteiger partial charge in [0.05, 0.1) is 0 Å². The van der Waals surface area contributed by atoms with E-state index in [9.17, 15) is 4.79 Å². The van der Waals surface area contributed by atoms with E-state index < -0.39 is 0 Å². The molecule has 3 N–H and O–H groups in total. The Morgan fingerprint density at radius 3 is 3.00 bits per heavy atom. The number of carbonyl (C=O) groups excluding carboxylic acids is 1. The van der Waals surface area contributed by atoms with Gasteiger partial charge in [0.2, 0.25) is 10.1 Å². The standard InChI is InChI=1S/C7H12N4O2S/c1-13-4-2-3-9-5(12)6-10-11-7(8)14-6/h2-4H2,1H3,(H2,8,11)(H,9,12). The lowest BCUT2D eigenvalue weighted by Gasteiger charge is -2.00. The summed E-state index contributed by atoms with van der Waals surface area (Å²) in [6.45, 7) is 1.19. The maximum Gasteiger partial charge on any atom is 0.282 e. The molecule has 1 amide bonds. The van der Waals surface area contributed by atoms with E-state index in [0.717, 1.165) is 17.8 Å². The quantitative estimate of drug-likeness (QED) is 0.670. The summed E-state index contributed by atoms with van der Waals surface area (Å²) < 4.78 is 4.84. The number of hydrogen-bond acceptors (Lipinski definition) is 6. The van der Waals surface area contributed by atoms with Gasteiger partial charge >= 0.3 is 0 Å². The van der Waals surface area contributed by atoms with Crippen molar-refractivity contribution in [3.8, 4) is 0 Å². The highest BCUT2D eigenvalue weighted by Crippen LogP contribution is 2.09. The van der Waals surface area contributed by atoms with Crippen LogP contribution in [0.15, 0.2) is 0 Å². The highest BCUT2D eigenvalue weighted by molar-refractivity contribution is 7.16. The van der Waals surface area contributed by atoms with Crippen molar-refractivity contribution in [2.75, 3.05) is 26.0 Å². The van der Waals surface area contributed by atoms with Crippen LogP contribution in [0.4, 0.5) is 5.13 Å². The molecule has 0 aromatic carbocycles. The third kappa shape index (κ3) is 3.27. The second kappa shape index (κ2) is 5.51. The largest absolute Gasteiger partial charge is 0.385 e. The summed E-state index contributed by atoms with van der Waals surface area (Å²) >= 11 is 1.07. The molecular formula is C7H12N4O2S. The minimum Gasteiger partial charge on any atom is -0.385 e. The first-order valence-electron chi connectivity index (χ1n) is 4.10. The van der Waals surface area contributed by atoms with E-state index in [1.807, 2.05) is 0 Å². The molecule has 0 aliphatic carbocycles.